The fourth-order valence-corrected chi connectivity index (χ4v) is 12.7. The van der Waals surface area contributed by atoms with Gasteiger partial charge in [-0.3, -0.25) is 74.6 Å². The molecule has 6 aromatic rings. The molecule has 2 aliphatic rings. The zero-order valence-corrected chi connectivity index (χ0v) is 57.9. The minimum absolute atomic E-state index is 0.00227. The van der Waals surface area contributed by atoms with Gasteiger partial charge < -0.3 is 50.3 Å². The maximum Gasteiger partial charge on any atom is 0.327 e. The number of amides is 6. The standard InChI is InChI=1S/C67H87N15O16S2/c1-47-33-49(37-62(83)73-53-12-8-14-57(39-53)100(91,92)79-55-16-18-59(61(41-55)94-4)75-77-67(88)65(86)70-21-10-24-81-27-31-96-32-28-81)36-50(34-47)44-98-72-22-6-5-19-68-63(84)51-35-48(2)42-82(43-51)46-97-45-71-52-11-7-13-56(38-52)99(89,90)78-54-15-17-58(60(40-54)93-3)74-76-66(87)64(85)69-20-9-23-80-25-29-95-30-26-80/h7-8,11-18,33-36,38-43,71-72H,5-6,9-10,19-32,37,44-46H2,1-4H3,(H9-,68,69,70,73,74,75,76,77,78,79,83,84,85,86,87,88)/p+1. The number of aromatic nitrogens is 1. The average molecular weight is 1420 g/mol. The molecule has 0 bridgehead atoms. The lowest BCUT2D eigenvalue weighted by molar-refractivity contribution is -0.732. The van der Waals surface area contributed by atoms with Gasteiger partial charge in [-0.2, -0.15) is 4.57 Å². The highest BCUT2D eigenvalue weighted by atomic mass is 32.2. The quantitative estimate of drug-likeness (QED) is 0.00875. The van der Waals surface area contributed by atoms with Gasteiger partial charge in [0.15, 0.2) is 12.4 Å². The van der Waals surface area contributed by atoms with Crippen LogP contribution < -0.4 is 77.3 Å². The Morgan fingerprint density at radius 1 is 0.540 bits per heavy atom. The smallest absolute Gasteiger partial charge is 0.327 e. The van der Waals surface area contributed by atoms with Crippen LogP contribution in [0.4, 0.5) is 34.1 Å². The number of rotatable bonds is 37. The summed E-state index contributed by atoms with van der Waals surface area (Å²) < 4.78 is 88.3. The van der Waals surface area contributed by atoms with Crippen LogP contribution in [0.3, 0.4) is 0 Å². The monoisotopic (exact) mass is 1420 g/mol. The Morgan fingerprint density at radius 3 is 1.64 bits per heavy atom. The third kappa shape index (κ3) is 24.9. The fraction of sp³-hybridized carbons (Fsp3) is 0.388. The van der Waals surface area contributed by atoms with Crippen molar-refractivity contribution >= 4 is 89.6 Å². The Morgan fingerprint density at radius 2 is 1.07 bits per heavy atom. The van der Waals surface area contributed by atoms with E-state index in [-0.39, 0.29) is 88.0 Å². The van der Waals surface area contributed by atoms with E-state index in [2.05, 4.69) is 73.0 Å². The van der Waals surface area contributed by atoms with Crippen molar-refractivity contribution in [3.05, 3.63) is 149 Å². The maximum atomic E-state index is 13.6. The predicted molar refractivity (Wildman–Crippen MR) is 373 cm³/mol. The second-order valence-electron chi connectivity index (χ2n) is 23.4. The number of pyridine rings is 1. The lowest BCUT2D eigenvalue weighted by Crippen LogP contribution is -2.43. The molecule has 2 aliphatic heterocycles. The minimum Gasteiger partial charge on any atom is -0.494 e. The zero-order valence-electron chi connectivity index (χ0n) is 56.3. The third-order valence-electron chi connectivity index (χ3n) is 15.4. The molecular formula is C67H88N15O16S2+. The Kier molecular flexibility index (Phi) is 29.4. The number of unbranched alkanes of at least 4 members (excludes halogenated alkanes) is 1. The molecule has 2 fully saturated rings. The van der Waals surface area contributed by atoms with Crippen LogP contribution in [-0.4, -0.2) is 175 Å². The van der Waals surface area contributed by atoms with E-state index in [9.17, 15) is 45.6 Å². The number of hydrogen-bond acceptors (Lipinski definition) is 22. The number of carbonyl (C=O) groups is 6. The van der Waals surface area contributed by atoms with Crippen molar-refractivity contribution in [2.24, 2.45) is 0 Å². The molecule has 0 aliphatic carbocycles. The van der Waals surface area contributed by atoms with Gasteiger partial charge in [0.05, 0.1) is 86.2 Å². The summed E-state index contributed by atoms with van der Waals surface area (Å²) in [5.74, 6) is -3.75. The summed E-state index contributed by atoms with van der Waals surface area (Å²) in [7, 11) is -5.53. The number of aryl methyl sites for hydroxylation is 2. The summed E-state index contributed by atoms with van der Waals surface area (Å²) >= 11 is 0. The summed E-state index contributed by atoms with van der Waals surface area (Å²) in [5, 5.41) is 14.0. The first-order valence-electron chi connectivity index (χ1n) is 32.5. The number of hydrazine groups is 2. The Bertz CT molecular complexity index is 4010. The number of nitrogens with one attached hydrogen (secondary N) is 12. The number of sulfonamides is 2. The van der Waals surface area contributed by atoms with Gasteiger partial charge in [-0.25, -0.2) is 22.3 Å². The van der Waals surface area contributed by atoms with E-state index in [1.807, 2.05) is 38.2 Å². The first-order valence-corrected chi connectivity index (χ1v) is 35.4. The van der Waals surface area contributed by atoms with Crippen LogP contribution in [-0.2, 0) is 82.8 Å². The van der Waals surface area contributed by atoms with E-state index in [1.165, 1.54) is 80.9 Å². The topological polar surface area (TPSA) is 381 Å². The first kappa shape index (κ1) is 76.1. The molecule has 0 spiro atoms. The molecule has 0 unspecified atom stereocenters. The first-order chi connectivity index (χ1) is 48.2. The number of ether oxygens (including phenoxy) is 5. The van der Waals surface area contributed by atoms with Crippen molar-refractivity contribution in [2.45, 2.75) is 69.1 Å². The van der Waals surface area contributed by atoms with Gasteiger partial charge in [0.1, 0.15) is 23.8 Å². The fourth-order valence-electron chi connectivity index (χ4n) is 10.5. The summed E-state index contributed by atoms with van der Waals surface area (Å²) in [6.07, 6.45) is 6.18. The van der Waals surface area contributed by atoms with E-state index in [0.29, 0.717) is 89.5 Å². The molecule has 31 nitrogen and oxygen atoms in total. The van der Waals surface area contributed by atoms with Gasteiger partial charge in [0.25, 0.3) is 32.7 Å². The summed E-state index contributed by atoms with van der Waals surface area (Å²) in [6, 6.07) is 28.1. The molecule has 0 radical (unpaired) electrons. The molecule has 0 saturated carbocycles. The molecule has 0 atom stereocenters. The SMILES string of the molecule is COc1cc(NS(=O)(=O)c2cccc(NCOC[n+]3cc(C)cc(C(=O)NCCCCNOCc4cc(C)cc(CC(=O)Nc5cccc(S(=O)(=O)Nc6ccc(NNC(=O)C(=O)NCCCN7CCOCC7)c(OC)c6)c5)c4)c3)c2)ccc1NNC(=O)C(=O)NCCCN1CCOCC1. The number of carbonyl (C=O) groups excluding carboxylic acids is 6. The molecular weight excluding hydrogens is 1330 g/mol. The third-order valence-corrected chi connectivity index (χ3v) is 18.2. The minimum atomic E-state index is -4.17. The predicted octanol–water partition coefficient (Wildman–Crippen LogP) is 3.23. The number of hydrogen-bond donors (Lipinski definition) is 12. The summed E-state index contributed by atoms with van der Waals surface area (Å²) in [4.78, 5) is 86.2. The molecule has 6 amide bonds. The number of anilines is 6. The van der Waals surface area contributed by atoms with Crippen LogP contribution >= 0.6 is 0 Å². The molecule has 2 saturated heterocycles. The highest BCUT2D eigenvalue weighted by Gasteiger charge is 2.22. The van der Waals surface area contributed by atoms with E-state index in [0.717, 1.165) is 61.5 Å². The van der Waals surface area contributed by atoms with Crippen LogP contribution in [0.25, 0.3) is 0 Å². The van der Waals surface area contributed by atoms with Crippen LogP contribution in [0.2, 0.25) is 0 Å². The van der Waals surface area contributed by atoms with E-state index >= 15 is 0 Å². The second kappa shape index (κ2) is 38.6. The maximum absolute atomic E-state index is 13.6. The second-order valence-corrected chi connectivity index (χ2v) is 26.7. The number of methoxy groups -OCH3 is 2. The highest BCUT2D eigenvalue weighted by molar-refractivity contribution is 7.93. The van der Waals surface area contributed by atoms with Crippen molar-refractivity contribution < 1.29 is 78.7 Å². The Hall–Kier alpha value is -9.71. The molecule has 1 aromatic heterocycles. The number of benzene rings is 5. The zero-order chi connectivity index (χ0) is 71.3. The summed E-state index contributed by atoms with van der Waals surface area (Å²) in [6.45, 7) is 13.1. The largest absolute Gasteiger partial charge is 0.494 e. The number of nitrogens with zero attached hydrogens (tertiary/aromatic N) is 3. The van der Waals surface area contributed by atoms with E-state index in [1.54, 1.807) is 35.0 Å². The van der Waals surface area contributed by atoms with Gasteiger partial charge in [-0.1, -0.05) is 35.9 Å². The van der Waals surface area contributed by atoms with Crippen LogP contribution in [0.1, 0.15) is 58.3 Å². The van der Waals surface area contributed by atoms with Crippen LogP contribution in [0.15, 0.2) is 131 Å². The van der Waals surface area contributed by atoms with Crippen molar-refractivity contribution in [3.63, 3.8) is 0 Å². The number of morpholine rings is 2. The van der Waals surface area contributed by atoms with E-state index in [4.69, 9.17) is 28.5 Å². The lowest BCUT2D eigenvalue weighted by Gasteiger charge is -2.26. The normalized spacial score (nSPS) is 13.4. The molecule has 100 heavy (non-hydrogen) atoms. The molecule has 33 heteroatoms. The van der Waals surface area contributed by atoms with Crippen LogP contribution in [0, 0.1) is 13.8 Å². The van der Waals surface area contributed by atoms with Crippen molar-refractivity contribution in [1.29, 1.82) is 0 Å². The van der Waals surface area contributed by atoms with Crippen molar-refractivity contribution in [2.75, 3.05) is 144 Å². The van der Waals surface area contributed by atoms with E-state index < -0.39 is 43.7 Å². The van der Waals surface area contributed by atoms with Crippen molar-refractivity contribution in [1.82, 2.24) is 42.1 Å². The van der Waals surface area contributed by atoms with Gasteiger partial charge in [-0.15, -0.1) is 0 Å². The van der Waals surface area contributed by atoms with Crippen molar-refractivity contribution in [3.8, 4) is 11.5 Å². The van der Waals surface area contributed by atoms with Gasteiger partial charge >= 0.3 is 23.6 Å². The highest BCUT2D eigenvalue weighted by Crippen LogP contribution is 2.31. The van der Waals surface area contributed by atoms with Gasteiger partial charge in [-0.05, 0) is 130 Å². The number of hydroxylamine groups is 1. The summed E-state index contributed by atoms with van der Waals surface area (Å²) in [5.41, 5.74) is 18.2. The molecule has 8 rings (SSSR count). The lowest BCUT2D eigenvalue weighted by atomic mass is 10.0. The molecule has 12 N–H and O–H groups in total. The molecule has 5 aromatic carbocycles. The Balaban J connectivity index is 0.691. The van der Waals surface area contributed by atoms with Gasteiger partial charge in [0, 0.05) is 81.4 Å². The molecule has 538 valence electrons. The van der Waals surface area contributed by atoms with Crippen LogP contribution in [0.5, 0.6) is 11.5 Å². The average Bonchev–Trinajstić information content (AvgIpc) is 0.820. The molecule has 3 heterocycles. The van der Waals surface area contributed by atoms with Gasteiger partial charge in [0.2, 0.25) is 5.91 Å². The Labute approximate surface area is 581 Å².